The van der Waals surface area contributed by atoms with E-state index in [1.54, 1.807) is 14.2 Å². The fraction of sp³-hybridized carbons (Fsp3) is 0.647. The molecule has 1 aromatic rings. The van der Waals surface area contributed by atoms with Gasteiger partial charge >= 0.3 is 0 Å². The van der Waals surface area contributed by atoms with Gasteiger partial charge in [-0.25, -0.2) is 0 Å². The van der Waals surface area contributed by atoms with Crippen molar-refractivity contribution >= 4 is 0 Å². The Morgan fingerprint density at radius 2 is 2.05 bits per heavy atom. The standard InChI is InChI=1S/C17H29N3O2/c1-5-19-8-9-20(12-13(19)2)16(11-18)15-10-14(21-3)6-7-17(15)22-4/h6-7,10,13,16H,5,8-9,11-12,18H2,1-4H3. The SMILES string of the molecule is CCN1CCN(C(CN)c2cc(OC)ccc2OC)CC1C. The van der Waals surface area contributed by atoms with E-state index in [1.165, 1.54) is 0 Å². The Morgan fingerprint density at radius 1 is 1.27 bits per heavy atom. The molecule has 0 radical (unpaired) electrons. The van der Waals surface area contributed by atoms with Gasteiger partial charge in [-0.1, -0.05) is 6.92 Å². The summed E-state index contributed by atoms with van der Waals surface area (Å²) in [5, 5.41) is 0. The summed E-state index contributed by atoms with van der Waals surface area (Å²) in [5.41, 5.74) is 7.22. The van der Waals surface area contributed by atoms with Crippen LogP contribution in [-0.4, -0.2) is 62.8 Å². The molecule has 5 nitrogen and oxygen atoms in total. The van der Waals surface area contributed by atoms with Crippen molar-refractivity contribution < 1.29 is 9.47 Å². The van der Waals surface area contributed by atoms with E-state index in [0.717, 1.165) is 43.2 Å². The Bertz CT molecular complexity index is 481. The van der Waals surface area contributed by atoms with Gasteiger partial charge < -0.3 is 15.2 Å². The minimum absolute atomic E-state index is 0.159. The molecule has 0 aromatic heterocycles. The van der Waals surface area contributed by atoms with E-state index in [0.29, 0.717) is 12.6 Å². The number of ether oxygens (including phenoxy) is 2. The third kappa shape index (κ3) is 3.54. The van der Waals surface area contributed by atoms with Crippen LogP contribution in [0.2, 0.25) is 0 Å². The first-order chi connectivity index (χ1) is 10.6. The summed E-state index contributed by atoms with van der Waals surface area (Å²) in [6.45, 7) is 9.31. The summed E-state index contributed by atoms with van der Waals surface area (Å²) in [7, 11) is 3.39. The molecule has 124 valence electrons. The smallest absolute Gasteiger partial charge is 0.123 e. The topological polar surface area (TPSA) is 51.0 Å². The molecular formula is C17H29N3O2. The van der Waals surface area contributed by atoms with E-state index >= 15 is 0 Å². The van der Waals surface area contributed by atoms with Gasteiger partial charge in [-0.15, -0.1) is 0 Å². The zero-order valence-electron chi connectivity index (χ0n) is 14.2. The van der Waals surface area contributed by atoms with Gasteiger partial charge in [-0.2, -0.15) is 0 Å². The van der Waals surface area contributed by atoms with Crippen molar-refractivity contribution in [2.24, 2.45) is 5.73 Å². The number of nitrogens with zero attached hydrogens (tertiary/aromatic N) is 2. The zero-order valence-corrected chi connectivity index (χ0v) is 14.2. The van der Waals surface area contributed by atoms with Gasteiger partial charge in [-0.3, -0.25) is 9.80 Å². The van der Waals surface area contributed by atoms with Gasteiger partial charge in [0.15, 0.2) is 0 Å². The molecule has 1 aliphatic rings. The molecule has 1 saturated heterocycles. The predicted octanol–water partition coefficient (Wildman–Crippen LogP) is 1.73. The number of hydrogen-bond donors (Lipinski definition) is 1. The molecule has 0 bridgehead atoms. The van der Waals surface area contributed by atoms with Crippen molar-refractivity contribution in [2.75, 3.05) is 46.9 Å². The molecule has 0 saturated carbocycles. The summed E-state index contributed by atoms with van der Waals surface area (Å²) in [6, 6.07) is 6.64. The maximum Gasteiger partial charge on any atom is 0.123 e. The minimum Gasteiger partial charge on any atom is -0.497 e. The second-order valence-corrected chi connectivity index (χ2v) is 5.83. The van der Waals surface area contributed by atoms with E-state index in [1.807, 2.05) is 18.2 Å². The number of benzene rings is 1. The van der Waals surface area contributed by atoms with Crippen LogP contribution >= 0.6 is 0 Å². The maximum absolute atomic E-state index is 6.11. The molecule has 1 aliphatic heterocycles. The number of piperazine rings is 1. The second kappa shape index (κ2) is 7.81. The molecule has 2 unspecified atom stereocenters. The third-order valence-electron chi connectivity index (χ3n) is 4.66. The average molecular weight is 307 g/mol. The summed E-state index contributed by atoms with van der Waals surface area (Å²) in [5.74, 6) is 1.72. The molecule has 0 aliphatic carbocycles. The molecule has 1 fully saturated rings. The molecule has 2 rings (SSSR count). The minimum atomic E-state index is 0.159. The van der Waals surface area contributed by atoms with Crippen LogP contribution in [0.1, 0.15) is 25.5 Å². The quantitative estimate of drug-likeness (QED) is 0.867. The molecule has 2 N–H and O–H groups in total. The molecule has 1 aromatic carbocycles. The predicted molar refractivity (Wildman–Crippen MR) is 89.6 cm³/mol. The van der Waals surface area contributed by atoms with Gasteiger partial charge in [0.25, 0.3) is 0 Å². The molecule has 2 atom stereocenters. The van der Waals surface area contributed by atoms with Crippen LogP contribution in [0.15, 0.2) is 18.2 Å². The first kappa shape index (κ1) is 17.1. The highest BCUT2D eigenvalue weighted by Crippen LogP contribution is 2.33. The van der Waals surface area contributed by atoms with Gasteiger partial charge in [0.1, 0.15) is 11.5 Å². The summed E-state index contributed by atoms with van der Waals surface area (Å²) >= 11 is 0. The lowest BCUT2D eigenvalue weighted by molar-refractivity contribution is 0.0598. The largest absolute Gasteiger partial charge is 0.497 e. The van der Waals surface area contributed by atoms with Gasteiger partial charge in [-0.05, 0) is 31.7 Å². The van der Waals surface area contributed by atoms with Crippen LogP contribution < -0.4 is 15.2 Å². The van der Waals surface area contributed by atoms with E-state index in [2.05, 4.69) is 23.6 Å². The van der Waals surface area contributed by atoms with Crippen molar-refractivity contribution in [1.29, 1.82) is 0 Å². The van der Waals surface area contributed by atoms with Crippen LogP contribution in [0.25, 0.3) is 0 Å². The summed E-state index contributed by atoms with van der Waals surface area (Å²) in [6.07, 6.45) is 0. The number of likely N-dealkylation sites (N-methyl/N-ethyl adjacent to an activating group) is 1. The normalized spacial score (nSPS) is 21.6. The number of nitrogens with two attached hydrogens (primary N) is 1. The maximum atomic E-state index is 6.11. The van der Waals surface area contributed by atoms with E-state index < -0.39 is 0 Å². The fourth-order valence-electron chi connectivity index (χ4n) is 3.35. The number of hydrogen-bond acceptors (Lipinski definition) is 5. The first-order valence-electron chi connectivity index (χ1n) is 8.04. The molecule has 1 heterocycles. The lowest BCUT2D eigenvalue weighted by Gasteiger charge is -2.43. The summed E-state index contributed by atoms with van der Waals surface area (Å²) < 4.78 is 10.9. The van der Waals surface area contributed by atoms with Crippen LogP contribution in [0.5, 0.6) is 11.5 Å². The summed E-state index contributed by atoms with van der Waals surface area (Å²) in [4.78, 5) is 4.97. The Balaban J connectivity index is 2.24. The Hall–Kier alpha value is -1.30. The highest BCUT2D eigenvalue weighted by molar-refractivity contribution is 5.42. The zero-order chi connectivity index (χ0) is 16.1. The highest BCUT2D eigenvalue weighted by atomic mass is 16.5. The molecule has 0 amide bonds. The molecule has 5 heteroatoms. The highest BCUT2D eigenvalue weighted by Gasteiger charge is 2.29. The van der Waals surface area contributed by atoms with Crippen LogP contribution in [0, 0.1) is 0 Å². The molecule has 22 heavy (non-hydrogen) atoms. The third-order valence-corrected chi connectivity index (χ3v) is 4.66. The average Bonchev–Trinajstić information content (AvgIpc) is 2.55. The van der Waals surface area contributed by atoms with Gasteiger partial charge in [0.2, 0.25) is 0 Å². The van der Waals surface area contributed by atoms with Crippen molar-refractivity contribution in [2.45, 2.75) is 25.9 Å². The van der Waals surface area contributed by atoms with Crippen molar-refractivity contribution in [3.05, 3.63) is 23.8 Å². The lowest BCUT2D eigenvalue weighted by Crippen LogP contribution is -2.53. The van der Waals surface area contributed by atoms with Crippen molar-refractivity contribution in [3.8, 4) is 11.5 Å². The Morgan fingerprint density at radius 3 is 2.59 bits per heavy atom. The number of methoxy groups -OCH3 is 2. The molecule has 0 spiro atoms. The Labute approximate surface area is 134 Å². The van der Waals surface area contributed by atoms with E-state index in [9.17, 15) is 0 Å². The lowest BCUT2D eigenvalue weighted by atomic mass is 10.0. The van der Waals surface area contributed by atoms with Crippen LogP contribution in [-0.2, 0) is 0 Å². The fourth-order valence-corrected chi connectivity index (χ4v) is 3.35. The van der Waals surface area contributed by atoms with Gasteiger partial charge in [0.05, 0.1) is 20.3 Å². The van der Waals surface area contributed by atoms with Crippen LogP contribution in [0.4, 0.5) is 0 Å². The molecular weight excluding hydrogens is 278 g/mol. The number of rotatable bonds is 6. The van der Waals surface area contributed by atoms with Gasteiger partial charge in [0, 0.05) is 37.8 Å². The van der Waals surface area contributed by atoms with E-state index in [4.69, 9.17) is 15.2 Å². The van der Waals surface area contributed by atoms with Crippen molar-refractivity contribution in [1.82, 2.24) is 9.80 Å². The Kier molecular flexibility index (Phi) is 6.06. The van der Waals surface area contributed by atoms with Crippen molar-refractivity contribution in [3.63, 3.8) is 0 Å². The van der Waals surface area contributed by atoms with E-state index in [-0.39, 0.29) is 6.04 Å². The first-order valence-corrected chi connectivity index (χ1v) is 8.04. The second-order valence-electron chi connectivity index (χ2n) is 5.83. The monoisotopic (exact) mass is 307 g/mol. The van der Waals surface area contributed by atoms with Crippen LogP contribution in [0.3, 0.4) is 0 Å².